The summed E-state index contributed by atoms with van der Waals surface area (Å²) in [5.41, 5.74) is 0. The Morgan fingerprint density at radius 1 is 1.33 bits per heavy atom. The topological polar surface area (TPSA) is 27.1 Å². The van der Waals surface area contributed by atoms with Crippen molar-refractivity contribution in [3.63, 3.8) is 0 Å². The molecule has 1 N–H and O–H groups in total. The molecule has 1 aliphatic heterocycles. The molecule has 1 saturated heterocycles. The Kier molecular flexibility index (Phi) is 2.07. The molecular formula is C10H18N2. The van der Waals surface area contributed by atoms with Crippen LogP contribution in [-0.4, -0.2) is 23.3 Å². The van der Waals surface area contributed by atoms with Crippen LogP contribution in [0.3, 0.4) is 0 Å². The fraction of sp³-hybridized carbons (Fsp3) is 0.900. The molecule has 0 amide bonds. The van der Waals surface area contributed by atoms with Crippen LogP contribution in [0.5, 0.6) is 0 Å². The lowest BCUT2D eigenvalue weighted by molar-refractivity contribution is 0.137. The second kappa shape index (κ2) is 3.08. The van der Waals surface area contributed by atoms with E-state index in [0.717, 1.165) is 30.8 Å². The monoisotopic (exact) mass is 166 g/mol. The van der Waals surface area contributed by atoms with Gasteiger partial charge in [-0.2, -0.15) is 0 Å². The fourth-order valence-corrected chi connectivity index (χ4v) is 2.37. The average molecular weight is 166 g/mol. The Bertz CT molecular complexity index is 182. The van der Waals surface area contributed by atoms with Gasteiger partial charge in [-0.25, -0.2) is 0 Å². The summed E-state index contributed by atoms with van der Waals surface area (Å²) in [4.78, 5) is 2.34. The van der Waals surface area contributed by atoms with Gasteiger partial charge < -0.3 is 4.90 Å². The molecule has 0 bridgehead atoms. The highest BCUT2D eigenvalue weighted by Crippen LogP contribution is 2.32. The van der Waals surface area contributed by atoms with Crippen LogP contribution in [0.15, 0.2) is 0 Å². The van der Waals surface area contributed by atoms with Crippen LogP contribution in [0.4, 0.5) is 0 Å². The fourth-order valence-electron chi connectivity index (χ4n) is 2.37. The first-order valence-electron chi connectivity index (χ1n) is 5.11. The molecule has 0 unspecified atom stereocenters. The number of nitrogens with zero attached hydrogens (tertiary/aromatic N) is 1. The van der Waals surface area contributed by atoms with Gasteiger partial charge in [0.05, 0.1) is 5.84 Å². The highest BCUT2D eigenvalue weighted by atomic mass is 15.2. The van der Waals surface area contributed by atoms with Crippen molar-refractivity contribution in [2.24, 2.45) is 5.92 Å². The first kappa shape index (κ1) is 8.09. The molecule has 2 rings (SSSR count). The minimum absolute atomic E-state index is 0.729. The minimum atomic E-state index is 0.729. The van der Waals surface area contributed by atoms with Crippen LogP contribution in [0.2, 0.25) is 0 Å². The van der Waals surface area contributed by atoms with Crippen molar-refractivity contribution < 1.29 is 0 Å². The lowest BCUT2D eigenvalue weighted by Gasteiger charge is -2.44. The number of rotatable bonds is 1. The zero-order valence-corrected chi connectivity index (χ0v) is 7.84. The molecule has 0 aromatic rings. The highest BCUT2D eigenvalue weighted by Gasteiger charge is 2.32. The number of hydrogen-bond acceptors (Lipinski definition) is 1. The Labute approximate surface area is 74.5 Å². The summed E-state index contributed by atoms with van der Waals surface area (Å²) >= 11 is 0. The van der Waals surface area contributed by atoms with E-state index in [2.05, 4.69) is 11.8 Å². The summed E-state index contributed by atoms with van der Waals surface area (Å²) in [7, 11) is 0. The number of hydrogen-bond donors (Lipinski definition) is 1. The van der Waals surface area contributed by atoms with Crippen molar-refractivity contribution in [2.75, 3.05) is 6.54 Å². The molecule has 2 nitrogen and oxygen atoms in total. The number of amidine groups is 1. The second-order valence-electron chi connectivity index (χ2n) is 4.33. The molecule has 2 aliphatic rings. The van der Waals surface area contributed by atoms with E-state index in [1.54, 1.807) is 0 Å². The molecular weight excluding hydrogens is 148 g/mol. The molecule has 2 fully saturated rings. The van der Waals surface area contributed by atoms with Gasteiger partial charge in [0.2, 0.25) is 0 Å². The lowest BCUT2D eigenvalue weighted by atomic mass is 9.80. The summed E-state index contributed by atoms with van der Waals surface area (Å²) < 4.78 is 0. The predicted octanol–water partition coefficient (Wildman–Crippen LogP) is 2.25. The van der Waals surface area contributed by atoms with E-state index in [0.29, 0.717) is 0 Å². The van der Waals surface area contributed by atoms with Gasteiger partial charge in [0.15, 0.2) is 0 Å². The number of likely N-dealkylation sites (tertiary alicyclic amines) is 1. The van der Waals surface area contributed by atoms with Crippen LogP contribution in [0.25, 0.3) is 0 Å². The Hall–Kier alpha value is -0.530. The maximum atomic E-state index is 7.81. The quantitative estimate of drug-likeness (QED) is 0.635. The first-order chi connectivity index (χ1) is 5.77. The van der Waals surface area contributed by atoms with Gasteiger partial charge in [-0.05, 0) is 31.6 Å². The molecule has 68 valence electrons. The maximum absolute atomic E-state index is 7.81. The van der Waals surface area contributed by atoms with Gasteiger partial charge in [-0.1, -0.05) is 6.92 Å². The molecule has 12 heavy (non-hydrogen) atoms. The largest absolute Gasteiger partial charge is 0.358 e. The van der Waals surface area contributed by atoms with Crippen molar-refractivity contribution in [3.05, 3.63) is 0 Å². The van der Waals surface area contributed by atoms with Crippen molar-refractivity contribution in [1.82, 2.24) is 4.90 Å². The van der Waals surface area contributed by atoms with E-state index >= 15 is 0 Å². The molecule has 0 aromatic heterocycles. The normalized spacial score (nSPS) is 36.4. The molecule has 0 radical (unpaired) electrons. The van der Waals surface area contributed by atoms with E-state index in [-0.39, 0.29) is 0 Å². The Morgan fingerprint density at radius 3 is 2.67 bits per heavy atom. The van der Waals surface area contributed by atoms with Crippen molar-refractivity contribution in [3.8, 4) is 0 Å². The second-order valence-corrected chi connectivity index (χ2v) is 4.33. The van der Waals surface area contributed by atoms with Gasteiger partial charge in [0.25, 0.3) is 0 Å². The SMILES string of the molecule is CC1CC(N2CCCCC2=N)C1. The average Bonchev–Trinajstić information content (AvgIpc) is 2.01. The molecule has 1 saturated carbocycles. The van der Waals surface area contributed by atoms with Gasteiger partial charge in [0, 0.05) is 19.0 Å². The van der Waals surface area contributed by atoms with E-state index in [9.17, 15) is 0 Å². The molecule has 0 spiro atoms. The highest BCUT2D eigenvalue weighted by molar-refractivity contribution is 5.80. The third-order valence-corrected chi connectivity index (χ3v) is 3.20. The van der Waals surface area contributed by atoms with E-state index in [1.165, 1.54) is 25.7 Å². The van der Waals surface area contributed by atoms with Crippen molar-refractivity contribution >= 4 is 5.84 Å². The Balaban J connectivity index is 1.89. The zero-order chi connectivity index (χ0) is 8.55. The zero-order valence-electron chi connectivity index (χ0n) is 7.84. The summed E-state index contributed by atoms with van der Waals surface area (Å²) in [5, 5.41) is 7.81. The van der Waals surface area contributed by atoms with Gasteiger partial charge in [-0.3, -0.25) is 5.41 Å². The van der Waals surface area contributed by atoms with E-state index in [1.807, 2.05) is 0 Å². The molecule has 2 heteroatoms. The Morgan fingerprint density at radius 2 is 2.08 bits per heavy atom. The predicted molar refractivity (Wildman–Crippen MR) is 50.5 cm³/mol. The summed E-state index contributed by atoms with van der Waals surface area (Å²) in [6.45, 7) is 3.46. The van der Waals surface area contributed by atoms with Crippen LogP contribution in [0, 0.1) is 11.3 Å². The molecule has 1 aliphatic carbocycles. The third-order valence-electron chi connectivity index (χ3n) is 3.20. The smallest absolute Gasteiger partial charge is 0.0960 e. The minimum Gasteiger partial charge on any atom is -0.358 e. The van der Waals surface area contributed by atoms with Crippen LogP contribution >= 0.6 is 0 Å². The first-order valence-corrected chi connectivity index (χ1v) is 5.11. The maximum Gasteiger partial charge on any atom is 0.0960 e. The summed E-state index contributed by atoms with van der Waals surface area (Å²) in [6, 6.07) is 0.729. The molecule has 0 atom stereocenters. The van der Waals surface area contributed by atoms with Gasteiger partial charge in [-0.15, -0.1) is 0 Å². The van der Waals surface area contributed by atoms with Crippen LogP contribution in [-0.2, 0) is 0 Å². The lowest BCUT2D eigenvalue weighted by Crippen LogP contribution is -2.48. The van der Waals surface area contributed by atoms with Gasteiger partial charge in [0.1, 0.15) is 0 Å². The number of piperidine rings is 1. The molecule has 0 aromatic carbocycles. The van der Waals surface area contributed by atoms with Crippen LogP contribution < -0.4 is 0 Å². The third kappa shape index (κ3) is 1.35. The van der Waals surface area contributed by atoms with Crippen molar-refractivity contribution in [2.45, 2.75) is 45.1 Å². The number of nitrogens with one attached hydrogen (secondary N) is 1. The summed E-state index contributed by atoms with van der Waals surface area (Å²) in [5.74, 6) is 1.81. The van der Waals surface area contributed by atoms with Crippen LogP contribution in [0.1, 0.15) is 39.0 Å². The van der Waals surface area contributed by atoms with E-state index in [4.69, 9.17) is 5.41 Å². The standard InChI is InChI=1S/C10H18N2/c1-8-6-9(7-8)12-5-3-2-4-10(12)11/h8-9,11H,2-7H2,1H3. The van der Waals surface area contributed by atoms with E-state index < -0.39 is 0 Å². The molecule has 1 heterocycles. The van der Waals surface area contributed by atoms with Gasteiger partial charge >= 0.3 is 0 Å². The van der Waals surface area contributed by atoms with Crippen molar-refractivity contribution in [1.29, 1.82) is 5.41 Å². The summed E-state index contributed by atoms with van der Waals surface area (Å²) in [6.07, 6.45) is 6.19.